The molecule has 0 aliphatic carbocycles. The van der Waals surface area contributed by atoms with E-state index in [1.54, 1.807) is 11.8 Å². The topological polar surface area (TPSA) is 49.6 Å². The highest BCUT2D eigenvalue weighted by atomic mass is 32.2. The normalized spacial score (nSPS) is 11.3. The first-order valence-corrected chi connectivity index (χ1v) is 7.28. The van der Waals surface area contributed by atoms with Gasteiger partial charge < -0.3 is 0 Å². The maximum atomic E-state index is 8.91. The van der Waals surface area contributed by atoms with Gasteiger partial charge in [-0.05, 0) is 46.6 Å². The van der Waals surface area contributed by atoms with Gasteiger partial charge in [0.05, 0.1) is 11.5 Å². The van der Waals surface area contributed by atoms with Crippen LogP contribution >= 0.6 is 11.8 Å². The summed E-state index contributed by atoms with van der Waals surface area (Å²) in [6, 6.07) is 4.32. The SMILES string of the molecule is Cc1cc(C)nc(SCCCCC(C)(C)C#N)n1. The van der Waals surface area contributed by atoms with Gasteiger partial charge in [0.2, 0.25) is 0 Å². The standard InChI is InChI=1S/C14H21N3S/c1-11-9-12(2)17-13(16-11)18-8-6-5-7-14(3,4)10-15/h9H,5-8H2,1-4H3. The number of nitrogens with zero attached hydrogens (tertiary/aromatic N) is 3. The largest absolute Gasteiger partial charge is 0.228 e. The average molecular weight is 263 g/mol. The first-order valence-electron chi connectivity index (χ1n) is 6.29. The van der Waals surface area contributed by atoms with Crippen LogP contribution < -0.4 is 0 Å². The van der Waals surface area contributed by atoms with Gasteiger partial charge in [0, 0.05) is 17.1 Å². The first-order chi connectivity index (χ1) is 8.43. The lowest BCUT2D eigenvalue weighted by Crippen LogP contribution is -2.07. The van der Waals surface area contributed by atoms with Crippen LogP contribution in [0.1, 0.15) is 44.5 Å². The number of nitriles is 1. The van der Waals surface area contributed by atoms with Crippen molar-refractivity contribution in [2.24, 2.45) is 5.41 Å². The van der Waals surface area contributed by atoms with Crippen molar-refractivity contribution in [1.82, 2.24) is 9.97 Å². The van der Waals surface area contributed by atoms with E-state index in [2.05, 4.69) is 16.0 Å². The van der Waals surface area contributed by atoms with Crippen molar-refractivity contribution in [1.29, 1.82) is 5.26 Å². The zero-order chi connectivity index (χ0) is 13.6. The van der Waals surface area contributed by atoms with E-state index < -0.39 is 0 Å². The molecule has 0 aliphatic rings. The van der Waals surface area contributed by atoms with Crippen LogP contribution in [0.15, 0.2) is 11.2 Å². The maximum Gasteiger partial charge on any atom is 0.187 e. The molecule has 1 rings (SSSR count). The highest BCUT2D eigenvalue weighted by Gasteiger charge is 2.15. The van der Waals surface area contributed by atoms with Gasteiger partial charge in [0.1, 0.15) is 0 Å². The Morgan fingerprint density at radius 3 is 2.39 bits per heavy atom. The lowest BCUT2D eigenvalue weighted by molar-refractivity contribution is 0.433. The summed E-state index contributed by atoms with van der Waals surface area (Å²) >= 11 is 1.70. The fourth-order valence-corrected chi connectivity index (χ4v) is 2.59. The molecule has 0 saturated carbocycles. The van der Waals surface area contributed by atoms with Crippen molar-refractivity contribution >= 4 is 11.8 Å². The molecule has 0 amide bonds. The fourth-order valence-electron chi connectivity index (χ4n) is 1.65. The summed E-state index contributed by atoms with van der Waals surface area (Å²) in [5.74, 6) is 1.02. The fraction of sp³-hybridized carbons (Fsp3) is 0.643. The molecular formula is C14H21N3S. The second-order valence-electron chi connectivity index (χ2n) is 5.23. The van der Waals surface area contributed by atoms with Gasteiger partial charge in [-0.15, -0.1) is 0 Å². The molecule has 0 atom stereocenters. The highest BCUT2D eigenvalue weighted by molar-refractivity contribution is 7.99. The van der Waals surface area contributed by atoms with Crippen LogP contribution in [0.4, 0.5) is 0 Å². The first kappa shape index (κ1) is 15.0. The summed E-state index contributed by atoms with van der Waals surface area (Å²) in [6.07, 6.45) is 3.14. The van der Waals surface area contributed by atoms with Crippen LogP contribution in [0.25, 0.3) is 0 Å². The highest BCUT2D eigenvalue weighted by Crippen LogP contribution is 2.23. The minimum atomic E-state index is -0.193. The molecule has 1 heterocycles. The summed E-state index contributed by atoms with van der Waals surface area (Å²) in [6.45, 7) is 7.97. The summed E-state index contributed by atoms with van der Waals surface area (Å²) < 4.78 is 0. The predicted octanol–water partition coefficient (Wildman–Crippen LogP) is 3.91. The van der Waals surface area contributed by atoms with Crippen LogP contribution in [0.2, 0.25) is 0 Å². The second-order valence-corrected chi connectivity index (χ2v) is 6.30. The van der Waals surface area contributed by atoms with Crippen molar-refractivity contribution in [2.75, 3.05) is 5.75 Å². The Morgan fingerprint density at radius 2 is 1.83 bits per heavy atom. The van der Waals surface area contributed by atoms with E-state index in [4.69, 9.17) is 5.26 Å². The Balaban J connectivity index is 2.28. The van der Waals surface area contributed by atoms with E-state index in [0.717, 1.165) is 41.6 Å². The van der Waals surface area contributed by atoms with Crippen molar-refractivity contribution in [3.63, 3.8) is 0 Å². The van der Waals surface area contributed by atoms with Crippen LogP contribution in [-0.4, -0.2) is 15.7 Å². The molecule has 1 aromatic rings. The number of hydrogen-bond donors (Lipinski definition) is 0. The summed E-state index contributed by atoms with van der Waals surface area (Å²) in [5, 5.41) is 9.78. The zero-order valence-electron chi connectivity index (χ0n) is 11.7. The summed E-state index contributed by atoms with van der Waals surface area (Å²) in [4.78, 5) is 8.79. The van der Waals surface area contributed by atoms with Gasteiger partial charge in [-0.3, -0.25) is 0 Å². The van der Waals surface area contributed by atoms with E-state index >= 15 is 0 Å². The van der Waals surface area contributed by atoms with E-state index in [1.807, 2.05) is 33.8 Å². The minimum absolute atomic E-state index is 0.193. The van der Waals surface area contributed by atoms with Crippen LogP contribution in [-0.2, 0) is 0 Å². The number of aromatic nitrogens is 2. The van der Waals surface area contributed by atoms with Crippen molar-refractivity contribution in [3.05, 3.63) is 17.5 Å². The Bertz CT molecular complexity index is 415. The van der Waals surface area contributed by atoms with E-state index in [1.165, 1.54) is 0 Å². The van der Waals surface area contributed by atoms with Crippen molar-refractivity contribution in [2.45, 2.75) is 52.1 Å². The van der Waals surface area contributed by atoms with Gasteiger partial charge in [-0.2, -0.15) is 5.26 Å². The van der Waals surface area contributed by atoms with Gasteiger partial charge in [0.15, 0.2) is 5.16 Å². The molecule has 0 saturated heterocycles. The zero-order valence-corrected chi connectivity index (χ0v) is 12.5. The smallest absolute Gasteiger partial charge is 0.187 e. The molecule has 0 unspecified atom stereocenters. The maximum absolute atomic E-state index is 8.91. The Morgan fingerprint density at radius 1 is 1.22 bits per heavy atom. The second kappa shape index (κ2) is 6.75. The predicted molar refractivity (Wildman–Crippen MR) is 75.5 cm³/mol. The van der Waals surface area contributed by atoms with Crippen molar-refractivity contribution < 1.29 is 0 Å². The quantitative estimate of drug-likeness (QED) is 0.443. The minimum Gasteiger partial charge on any atom is -0.228 e. The molecule has 0 radical (unpaired) electrons. The summed E-state index contributed by atoms with van der Waals surface area (Å²) in [5.41, 5.74) is 1.85. The molecule has 98 valence electrons. The van der Waals surface area contributed by atoms with Gasteiger partial charge in [-0.1, -0.05) is 18.2 Å². The molecule has 0 N–H and O–H groups in total. The van der Waals surface area contributed by atoms with Crippen molar-refractivity contribution in [3.8, 4) is 6.07 Å². The number of thioether (sulfide) groups is 1. The van der Waals surface area contributed by atoms with Crippen LogP contribution in [0, 0.1) is 30.6 Å². The number of unbranched alkanes of at least 4 members (excludes halogenated alkanes) is 1. The van der Waals surface area contributed by atoms with Crippen LogP contribution in [0.3, 0.4) is 0 Å². The van der Waals surface area contributed by atoms with Gasteiger partial charge in [-0.25, -0.2) is 9.97 Å². The third-order valence-corrected chi connectivity index (χ3v) is 3.63. The molecule has 1 aromatic heterocycles. The average Bonchev–Trinajstić information content (AvgIpc) is 2.27. The molecule has 0 fully saturated rings. The molecule has 3 nitrogen and oxygen atoms in total. The Labute approximate surface area is 114 Å². The lowest BCUT2D eigenvalue weighted by atomic mass is 9.89. The van der Waals surface area contributed by atoms with Crippen LogP contribution in [0.5, 0.6) is 0 Å². The third-order valence-electron chi connectivity index (χ3n) is 2.69. The Hall–Kier alpha value is -1.08. The number of aryl methyl sites for hydroxylation is 2. The van der Waals surface area contributed by atoms with E-state index in [9.17, 15) is 0 Å². The number of rotatable bonds is 6. The van der Waals surface area contributed by atoms with Gasteiger partial charge in [0.25, 0.3) is 0 Å². The third kappa shape index (κ3) is 5.50. The summed E-state index contributed by atoms with van der Waals surface area (Å²) in [7, 11) is 0. The molecule has 4 heteroatoms. The van der Waals surface area contributed by atoms with E-state index in [-0.39, 0.29) is 5.41 Å². The molecule has 0 bridgehead atoms. The lowest BCUT2D eigenvalue weighted by Gasteiger charge is -2.13. The molecule has 0 spiro atoms. The van der Waals surface area contributed by atoms with Gasteiger partial charge >= 0.3 is 0 Å². The molecule has 18 heavy (non-hydrogen) atoms. The number of hydrogen-bond acceptors (Lipinski definition) is 4. The Kier molecular flexibility index (Phi) is 5.61. The van der Waals surface area contributed by atoms with E-state index in [0.29, 0.717) is 0 Å². The molecular weight excluding hydrogens is 242 g/mol. The monoisotopic (exact) mass is 263 g/mol. The molecule has 0 aliphatic heterocycles. The molecule has 0 aromatic carbocycles.